The van der Waals surface area contributed by atoms with Crippen LogP contribution in [0.5, 0.6) is 0 Å². The summed E-state index contributed by atoms with van der Waals surface area (Å²) >= 11 is 12.1. The topological polar surface area (TPSA) is 75.3 Å². The van der Waals surface area contributed by atoms with E-state index in [1.807, 2.05) is 6.92 Å². The molecule has 0 aliphatic carbocycles. The Morgan fingerprint density at radius 3 is 2.32 bits per heavy atom. The monoisotopic (exact) mass is 400 g/mol. The number of carbonyl (C=O) groups excluding carboxylic acids is 1. The Morgan fingerprint density at radius 1 is 1.04 bits per heavy atom. The van der Waals surface area contributed by atoms with Crippen LogP contribution in [0.25, 0.3) is 0 Å². The van der Waals surface area contributed by atoms with Crippen LogP contribution in [0.1, 0.15) is 29.3 Å². The Hall–Kier alpha value is -1.76. The largest absolute Gasteiger partial charge is 0.352 e. The van der Waals surface area contributed by atoms with Crippen molar-refractivity contribution in [3.05, 3.63) is 63.6 Å². The van der Waals surface area contributed by atoms with Gasteiger partial charge in [0.25, 0.3) is 5.91 Å². The smallest absolute Gasteiger partial charge is 0.253 e. The van der Waals surface area contributed by atoms with Gasteiger partial charge in [0.05, 0.1) is 17.0 Å². The molecule has 2 aromatic rings. The van der Waals surface area contributed by atoms with Gasteiger partial charge in [-0.3, -0.25) is 9.52 Å². The van der Waals surface area contributed by atoms with Crippen LogP contribution in [-0.2, 0) is 15.8 Å². The van der Waals surface area contributed by atoms with Crippen molar-refractivity contribution in [2.45, 2.75) is 19.1 Å². The van der Waals surface area contributed by atoms with E-state index in [1.54, 1.807) is 36.4 Å². The molecule has 1 amide bonds. The van der Waals surface area contributed by atoms with Crippen molar-refractivity contribution < 1.29 is 13.2 Å². The second-order valence-corrected chi connectivity index (χ2v) is 7.90. The second kappa shape index (κ2) is 8.56. The predicted octanol–water partition coefficient (Wildman–Crippen LogP) is 4.08. The highest BCUT2D eigenvalue weighted by atomic mass is 35.5. The zero-order valence-electron chi connectivity index (χ0n) is 13.6. The van der Waals surface area contributed by atoms with Crippen LogP contribution in [0, 0.1) is 0 Å². The highest BCUT2D eigenvalue weighted by Gasteiger charge is 2.19. The summed E-state index contributed by atoms with van der Waals surface area (Å²) in [6.07, 6.45) is 0.782. The van der Waals surface area contributed by atoms with Crippen LogP contribution in [0.2, 0.25) is 10.0 Å². The van der Waals surface area contributed by atoms with E-state index in [-0.39, 0.29) is 27.2 Å². The molecule has 8 heteroatoms. The fraction of sp³-hybridized carbons (Fsp3) is 0.235. The van der Waals surface area contributed by atoms with Gasteiger partial charge in [0, 0.05) is 22.2 Å². The molecule has 25 heavy (non-hydrogen) atoms. The number of nitrogens with one attached hydrogen (secondary N) is 2. The molecule has 134 valence electrons. The molecule has 2 rings (SSSR count). The van der Waals surface area contributed by atoms with Crippen molar-refractivity contribution in [2.75, 3.05) is 11.3 Å². The first-order chi connectivity index (χ1) is 11.8. The molecule has 0 saturated carbocycles. The number of amides is 1. The van der Waals surface area contributed by atoms with E-state index in [0.29, 0.717) is 12.1 Å². The summed E-state index contributed by atoms with van der Waals surface area (Å²) in [6, 6.07) is 11.2. The Labute approximate surface area is 157 Å². The molecule has 0 heterocycles. The lowest BCUT2D eigenvalue weighted by atomic mass is 10.1. The fourth-order valence-electron chi connectivity index (χ4n) is 2.17. The molecule has 5 nitrogen and oxygen atoms in total. The molecular weight excluding hydrogens is 383 g/mol. The SMILES string of the molecule is CCCNC(=O)c1ccccc1NS(=O)(=O)Cc1c(Cl)cccc1Cl. The number of halogens is 2. The number of sulfonamides is 1. The molecule has 0 radical (unpaired) electrons. The summed E-state index contributed by atoms with van der Waals surface area (Å²) in [6.45, 7) is 2.44. The van der Waals surface area contributed by atoms with E-state index >= 15 is 0 Å². The fourth-order valence-corrected chi connectivity index (χ4v) is 4.13. The molecule has 0 spiro atoms. The van der Waals surface area contributed by atoms with E-state index in [1.165, 1.54) is 6.07 Å². The average Bonchev–Trinajstić information content (AvgIpc) is 2.56. The normalized spacial score (nSPS) is 11.2. The molecular formula is C17H18Cl2N2O3S. The Bertz CT molecular complexity index is 850. The molecule has 0 bridgehead atoms. The van der Waals surface area contributed by atoms with E-state index in [9.17, 15) is 13.2 Å². The molecule has 0 saturated heterocycles. The number of hydrogen-bond acceptors (Lipinski definition) is 3. The van der Waals surface area contributed by atoms with Gasteiger partial charge in [-0.1, -0.05) is 48.3 Å². The molecule has 2 N–H and O–H groups in total. The predicted molar refractivity (Wildman–Crippen MR) is 102 cm³/mol. The molecule has 0 aliphatic rings. The maximum atomic E-state index is 12.5. The third kappa shape index (κ3) is 5.36. The van der Waals surface area contributed by atoms with Crippen LogP contribution in [-0.4, -0.2) is 20.9 Å². The van der Waals surface area contributed by atoms with Gasteiger partial charge in [0.15, 0.2) is 0 Å². The summed E-state index contributed by atoms with van der Waals surface area (Å²) in [4.78, 5) is 12.2. The van der Waals surface area contributed by atoms with E-state index in [2.05, 4.69) is 10.0 Å². The van der Waals surface area contributed by atoms with Gasteiger partial charge in [-0.25, -0.2) is 8.42 Å². The lowest BCUT2D eigenvalue weighted by Crippen LogP contribution is -2.26. The molecule has 0 aliphatic heterocycles. The highest BCUT2D eigenvalue weighted by molar-refractivity contribution is 7.91. The maximum Gasteiger partial charge on any atom is 0.253 e. The lowest BCUT2D eigenvalue weighted by molar-refractivity contribution is 0.0954. The van der Waals surface area contributed by atoms with Crippen LogP contribution in [0.4, 0.5) is 5.69 Å². The van der Waals surface area contributed by atoms with Crippen molar-refractivity contribution >= 4 is 44.8 Å². The third-order valence-electron chi connectivity index (χ3n) is 3.37. The van der Waals surface area contributed by atoms with Crippen LogP contribution >= 0.6 is 23.2 Å². The number of carbonyl (C=O) groups is 1. The van der Waals surface area contributed by atoms with Crippen molar-refractivity contribution in [1.82, 2.24) is 5.32 Å². The van der Waals surface area contributed by atoms with Crippen molar-refractivity contribution in [3.8, 4) is 0 Å². The highest BCUT2D eigenvalue weighted by Crippen LogP contribution is 2.27. The number of rotatable bonds is 7. The molecule has 0 unspecified atom stereocenters. The maximum absolute atomic E-state index is 12.5. The van der Waals surface area contributed by atoms with Gasteiger partial charge in [-0.2, -0.15) is 0 Å². The molecule has 0 aromatic heterocycles. The summed E-state index contributed by atoms with van der Waals surface area (Å²) in [5.74, 6) is -0.730. The summed E-state index contributed by atoms with van der Waals surface area (Å²) in [7, 11) is -3.81. The van der Waals surface area contributed by atoms with Crippen molar-refractivity contribution in [2.24, 2.45) is 0 Å². The first-order valence-corrected chi connectivity index (χ1v) is 10.1. The number of hydrogen-bond donors (Lipinski definition) is 2. The van der Waals surface area contributed by atoms with Crippen LogP contribution in [0.3, 0.4) is 0 Å². The Morgan fingerprint density at radius 2 is 1.68 bits per heavy atom. The zero-order chi connectivity index (χ0) is 18.4. The Balaban J connectivity index is 2.25. The second-order valence-electron chi connectivity index (χ2n) is 5.36. The molecule has 0 atom stereocenters. The molecule has 2 aromatic carbocycles. The van der Waals surface area contributed by atoms with Crippen molar-refractivity contribution in [1.29, 1.82) is 0 Å². The van der Waals surface area contributed by atoms with Gasteiger partial charge in [0.2, 0.25) is 10.0 Å². The Kier molecular flexibility index (Phi) is 6.70. The van der Waals surface area contributed by atoms with Gasteiger partial charge in [-0.05, 0) is 30.7 Å². The van der Waals surface area contributed by atoms with E-state index in [4.69, 9.17) is 23.2 Å². The zero-order valence-corrected chi connectivity index (χ0v) is 15.9. The minimum Gasteiger partial charge on any atom is -0.352 e. The minimum absolute atomic E-state index is 0.208. The van der Waals surface area contributed by atoms with Gasteiger partial charge >= 0.3 is 0 Å². The number of anilines is 1. The van der Waals surface area contributed by atoms with E-state index in [0.717, 1.165) is 6.42 Å². The summed E-state index contributed by atoms with van der Waals surface area (Å²) < 4.78 is 27.4. The third-order valence-corrected chi connectivity index (χ3v) is 5.28. The molecule has 0 fully saturated rings. The van der Waals surface area contributed by atoms with Crippen LogP contribution in [0.15, 0.2) is 42.5 Å². The average molecular weight is 401 g/mol. The standard InChI is InChI=1S/C17H18Cl2N2O3S/c1-2-10-20-17(22)12-6-3-4-9-16(12)21-25(23,24)11-13-14(18)7-5-8-15(13)19/h3-9,21H,2,10-11H2,1H3,(H,20,22). The van der Waals surface area contributed by atoms with Crippen LogP contribution < -0.4 is 10.0 Å². The summed E-state index contributed by atoms with van der Waals surface area (Å²) in [5, 5.41) is 3.27. The first-order valence-electron chi connectivity index (χ1n) is 7.64. The quantitative estimate of drug-likeness (QED) is 0.734. The van der Waals surface area contributed by atoms with Gasteiger partial charge in [0.1, 0.15) is 0 Å². The van der Waals surface area contributed by atoms with E-state index < -0.39 is 15.8 Å². The number of benzene rings is 2. The number of para-hydroxylation sites is 1. The first kappa shape index (κ1) is 19.6. The van der Waals surface area contributed by atoms with Crippen molar-refractivity contribution in [3.63, 3.8) is 0 Å². The van der Waals surface area contributed by atoms with Gasteiger partial charge < -0.3 is 5.32 Å². The minimum atomic E-state index is -3.81. The van der Waals surface area contributed by atoms with Gasteiger partial charge in [-0.15, -0.1) is 0 Å². The lowest BCUT2D eigenvalue weighted by Gasteiger charge is -2.13. The summed E-state index contributed by atoms with van der Waals surface area (Å²) in [5.41, 5.74) is 0.773.